The summed E-state index contributed by atoms with van der Waals surface area (Å²) >= 11 is 0. The van der Waals surface area contributed by atoms with Crippen LogP contribution in [0.15, 0.2) is 48.2 Å². The van der Waals surface area contributed by atoms with Gasteiger partial charge in [-0.25, -0.2) is 0 Å². The SMILES string of the molecule is Cc1ccc(NC2=C(c3ccc([N+](=O)[O-])cc3)C(=O)N(CC(C)C)C2=O)c(C)c1. The van der Waals surface area contributed by atoms with Crippen LogP contribution in [0.2, 0.25) is 0 Å². The number of nitrogens with one attached hydrogen (secondary N) is 1. The summed E-state index contributed by atoms with van der Waals surface area (Å²) in [5.74, 6) is -0.677. The molecular formula is C22H23N3O4. The van der Waals surface area contributed by atoms with Gasteiger partial charge >= 0.3 is 0 Å². The van der Waals surface area contributed by atoms with Crippen LogP contribution in [-0.4, -0.2) is 28.2 Å². The Labute approximate surface area is 169 Å². The first-order valence-corrected chi connectivity index (χ1v) is 9.38. The molecule has 0 saturated carbocycles. The number of anilines is 1. The minimum absolute atomic E-state index is 0.0750. The Morgan fingerprint density at radius 1 is 1.03 bits per heavy atom. The van der Waals surface area contributed by atoms with Gasteiger partial charge in [-0.2, -0.15) is 0 Å². The number of non-ortho nitro benzene ring substituents is 1. The Morgan fingerprint density at radius 2 is 1.69 bits per heavy atom. The minimum atomic E-state index is -0.500. The van der Waals surface area contributed by atoms with E-state index < -0.39 is 16.7 Å². The molecule has 2 amide bonds. The molecule has 1 heterocycles. The molecule has 2 aromatic rings. The molecule has 0 radical (unpaired) electrons. The Kier molecular flexibility index (Phi) is 5.50. The fraction of sp³-hybridized carbons (Fsp3) is 0.273. The van der Waals surface area contributed by atoms with E-state index in [1.165, 1.54) is 29.2 Å². The van der Waals surface area contributed by atoms with Gasteiger partial charge in [0, 0.05) is 24.4 Å². The standard InChI is InChI=1S/C22H23N3O4/c1-13(2)12-24-21(26)19(16-6-8-17(9-7-16)25(28)29)20(22(24)27)23-18-10-5-14(3)11-15(18)4/h5-11,13,23H,12H2,1-4H3. The number of aryl methyl sites for hydroxylation is 2. The van der Waals surface area contributed by atoms with E-state index in [4.69, 9.17) is 0 Å². The van der Waals surface area contributed by atoms with Crippen LogP contribution in [-0.2, 0) is 9.59 Å². The molecular weight excluding hydrogens is 370 g/mol. The van der Waals surface area contributed by atoms with Crippen molar-refractivity contribution in [1.82, 2.24) is 4.90 Å². The van der Waals surface area contributed by atoms with E-state index in [0.717, 1.165) is 16.8 Å². The maximum absolute atomic E-state index is 13.1. The summed E-state index contributed by atoms with van der Waals surface area (Å²) in [5.41, 5.74) is 3.58. The molecule has 7 nitrogen and oxygen atoms in total. The van der Waals surface area contributed by atoms with Crippen LogP contribution in [0.4, 0.5) is 11.4 Å². The van der Waals surface area contributed by atoms with E-state index in [-0.39, 0.29) is 22.9 Å². The number of nitrogens with zero attached hydrogens (tertiary/aromatic N) is 2. The average molecular weight is 393 g/mol. The molecule has 3 rings (SSSR count). The average Bonchev–Trinajstić information content (AvgIpc) is 2.88. The third-order valence-electron chi connectivity index (χ3n) is 4.72. The molecule has 1 N–H and O–H groups in total. The molecule has 0 atom stereocenters. The van der Waals surface area contributed by atoms with Gasteiger partial charge in [-0.1, -0.05) is 31.5 Å². The molecule has 1 aliphatic rings. The van der Waals surface area contributed by atoms with Gasteiger partial charge in [0.1, 0.15) is 5.70 Å². The van der Waals surface area contributed by atoms with Crippen LogP contribution in [0.1, 0.15) is 30.5 Å². The van der Waals surface area contributed by atoms with Gasteiger partial charge in [0.15, 0.2) is 0 Å². The third kappa shape index (κ3) is 4.03. The molecule has 0 aliphatic carbocycles. The number of hydrogen-bond acceptors (Lipinski definition) is 5. The number of carbonyl (C=O) groups excluding carboxylic acids is 2. The van der Waals surface area contributed by atoms with Crippen molar-refractivity contribution in [2.24, 2.45) is 5.92 Å². The monoisotopic (exact) mass is 393 g/mol. The molecule has 150 valence electrons. The van der Waals surface area contributed by atoms with Crippen molar-refractivity contribution >= 4 is 28.8 Å². The van der Waals surface area contributed by atoms with Gasteiger partial charge in [-0.15, -0.1) is 0 Å². The van der Waals surface area contributed by atoms with Crippen LogP contribution < -0.4 is 5.32 Å². The lowest BCUT2D eigenvalue weighted by Crippen LogP contribution is -2.35. The van der Waals surface area contributed by atoms with Gasteiger partial charge < -0.3 is 5.32 Å². The van der Waals surface area contributed by atoms with Crippen molar-refractivity contribution < 1.29 is 14.5 Å². The van der Waals surface area contributed by atoms with Crippen LogP contribution in [0, 0.1) is 29.9 Å². The summed E-state index contributed by atoms with van der Waals surface area (Å²) in [6, 6.07) is 11.5. The molecule has 29 heavy (non-hydrogen) atoms. The highest BCUT2D eigenvalue weighted by Crippen LogP contribution is 2.32. The number of rotatable bonds is 6. The Morgan fingerprint density at radius 3 is 2.24 bits per heavy atom. The second-order valence-electron chi connectivity index (χ2n) is 7.61. The molecule has 7 heteroatoms. The summed E-state index contributed by atoms with van der Waals surface area (Å²) in [5, 5.41) is 14.1. The topological polar surface area (TPSA) is 92.6 Å². The Hall–Kier alpha value is -3.48. The highest BCUT2D eigenvalue weighted by molar-refractivity contribution is 6.36. The van der Waals surface area contributed by atoms with E-state index in [2.05, 4.69) is 5.32 Å². The molecule has 1 aliphatic heterocycles. The minimum Gasteiger partial charge on any atom is -0.350 e. The van der Waals surface area contributed by atoms with E-state index >= 15 is 0 Å². The van der Waals surface area contributed by atoms with E-state index in [9.17, 15) is 19.7 Å². The van der Waals surface area contributed by atoms with Crippen LogP contribution in [0.5, 0.6) is 0 Å². The summed E-state index contributed by atoms with van der Waals surface area (Å²) in [6.07, 6.45) is 0. The first kappa shape index (κ1) is 20.3. The van der Waals surface area contributed by atoms with Crippen molar-refractivity contribution in [2.45, 2.75) is 27.7 Å². The summed E-state index contributed by atoms with van der Waals surface area (Å²) < 4.78 is 0. The maximum atomic E-state index is 13.1. The smallest absolute Gasteiger partial charge is 0.278 e. The van der Waals surface area contributed by atoms with Gasteiger partial charge in [-0.05, 0) is 49.1 Å². The Balaban J connectivity index is 2.08. The predicted molar refractivity (Wildman–Crippen MR) is 111 cm³/mol. The summed E-state index contributed by atoms with van der Waals surface area (Å²) in [6.45, 7) is 8.07. The fourth-order valence-corrected chi connectivity index (χ4v) is 3.33. The number of hydrogen-bond donors (Lipinski definition) is 1. The zero-order valence-electron chi connectivity index (χ0n) is 16.9. The second kappa shape index (κ2) is 7.87. The highest BCUT2D eigenvalue weighted by Gasteiger charge is 2.39. The van der Waals surface area contributed by atoms with Crippen molar-refractivity contribution in [3.63, 3.8) is 0 Å². The molecule has 0 fully saturated rings. The lowest BCUT2D eigenvalue weighted by atomic mass is 10.0. The molecule has 2 aromatic carbocycles. The van der Waals surface area contributed by atoms with Crippen molar-refractivity contribution in [3.8, 4) is 0 Å². The highest BCUT2D eigenvalue weighted by atomic mass is 16.6. The normalized spacial score (nSPS) is 14.2. The van der Waals surface area contributed by atoms with Crippen molar-refractivity contribution in [1.29, 1.82) is 0 Å². The third-order valence-corrected chi connectivity index (χ3v) is 4.72. The zero-order valence-corrected chi connectivity index (χ0v) is 16.9. The molecule has 0 saturated heterocycles. The van der Waals surface area contributed by atoms with Crippen LogP contribution >= 0.6 is 0 Å². The number of imide groups is 1. The number of nitro benzene ring substituents is 1. The van der Waals surface area contributed by atoms with Gasteiger partial charge in [0.05, 0.1) is 10.5 Å². The van der Waals surface area contributed by atoms with E-state index in [0.29, 0.717) is 12.1 Å². The number of benzene rings is 2. The maximum Gasteiger partial charge on any atom is 0.278 e. The fourth-order valence-electron chi connectivity index (χ4n) is 3.33. The van der Waals surface area contributed by atoms with Crippen LogP contribution in [0.3, 0.4) is 0 Å². The van der Waals surface area contributed by atoms with Crippen molar-refractivity contribution in [2.75, 3.05) is 11.9 Å². The lowest BCUT2D eigenvalue weighted by molar-refractivity contribution is -0.384. The molecule has 0 unspecified atom stereocenters. The van der Waals surface area contributed by atoms with E-state index in [1.54, 1.807) is 0 Å². The number of amides is 2. The second-order valence-corrected chi connectivity index (χ2v) is 7.61. The molecule has 0 bridgehead atoms. The largest absolute Gasteiger partial charge is 0.350 e. The first-order valence-electron chi connectivity index (χ1n) is 9.38. The number of nitro groups is 1. The van der Waals surface area contributed by atoms with Crippen molar-refractivity contribution in [3.05, 3.63) is 75.0 Å². The van der Waals surface area contributed by atoms with Gasteiger partial charge in [0.2, 0.25) is 0 Å². The van der Waals surface area contributed by atoms with Crippen LogP contribution in [0.25, 0.3) is 5.57 Å². The molecule has 0 aromatic heterocycles. The number of carbonyl (C=O) groups is 2. The first-order chi connectivity index (χ1) is 13.7. The van der Waals surface area contributed by atoms with Gasteiger partial charge in [0.25, 0.3) is 17.5 Å². The zero-order chi connectivity index (χ0) is 21.3. The van der Waals surface area contributed by atoms with E-state index in [1.807, 2.05) is 45.9 Å². The summed E-state index contributed by atoms with van der Waals surface area (Å²) in [7, 11) is 0. The Bertz CT molecular complexity index is 1020. The predicted octanol–water partition coefficient (Wildman–Crippen LogP) is 4.06. The van der Waals surface area contributed by atoms with Gasteiger partial charge in [-0.3, -0.25) is 24.6 Å². The molecule has 0 spiro atoms. The summed E-state index contributed by atoms with van der Waals surface area (Å²) in [4.78, 5) is 37.8. The quantitative estimate of drug-likeness (QED) is 0.454. The lowest BCUT2D eigenvalue weighted by Gasteiger charge is -2.17.